The first-order chi connectivity index (χ1) is 9.97. The molecule has 0 aliphatic carbocycles. The number of carbonyl (C=O) groups is 1. The lowest BCUT2D eigenvalue weighted by atomic mass is 10.1. The molecule has 0 saturated heterocycles. The van der Waals surface area contributed by atoms with Crippen molar-refractivity contribution in [2.75, 3.05) is 6.54 Å². The predicted octanol–water partition coefficient (Wildman–Crippen LogP) is 1.71. The van der Waals surface area contributed by atoms with Crippen LogP contribution in [0.5, 0.6) is 0 Å². The molecular formula is C14H13BrFN3O2. The third-order valence-electron chi connectivity index (χ3n) is 2.89. The summed E-state index contributed by atoms with van der Waals surface area (Å²) in [7, 11) is 0. The van der Waals surface area contributed by atoms with E-state index in [0.29, 0.717) is 10.0 Å². The Morgan fingerprint density at radius 2 is 2.05 bits per heavy atom. The van der Waals surface area contributed by atoms with Gasteiger partial charge in [0.25, 0.3) is 11.5 Å². The summed E-state index contributed by atoms with van der Waals surface area (Å²) >= 11 is 3.18. The lowest BCUT2D eigenvalue weighted by Gasteiger charge is -2.13. The van der Waals surface area contributed by atoms with E-state index in [1.807, 2.05) is 0 Å². The molecule has 0 aliphatic rings. The normalized spacial score (nSPS) is 12.0. The quantitative estimate of drug-likeness (QED) is 0.781. The summed E-state index contributed by atoms with van der Waals surface area (Å²) in [6.07, 6.45) is 1.45. The topological polar surface area (TPSA) is 88.0 Å². The Balaban J connectivity index is 2.02. The highest BCUT2D eigenvalue weighted by atomic mass is 79.9. The number of nitrogens with two attached hydrogens (primary N) is 1. The van der Waals surface area contributed by atoms with Gasteiger partial charge >= 0.3 is 0 Å². The maximum Gasteiger partial charge on any atom is 0.260 e. The second kappa shape index (κ2) is 6.64. The second-order valence-electron chi connectivity index (χ2n) is 4.43. The summed E-state index contributed by atoms with van der Waals surface area (Å²) in [4.78, 5) is 25.9. The third-order valence-corrected chi connectivity index (χ3v) is 3.35. The van der Waals surface area contributed by atoms with Crippen molar-refractivity contribution in [3.8, 4) is 0 Å². The number of hydrogen-bond donors (Lipinski definition) is 3. The van der Waals surface area contributed by atoms with Gasteiger partial charge in [0.05, 0.1) is 0 Å². The van der Waals surface area contributed by atoms with Crippen LogP contribution >= 0.6 is 15.9 Å². The first-order valence-corrected chi connectivity index (χ1v) is 6.94. The van der Waals surface area contributed by atoms with E-state index in [1.165, 1.54) is 24.4 Å². The molecule has 1 heterocycles. The average molecular weight is 354 g/mol. The molecule has 1 atom stereocenters. The van der Waals surface area contributed by atoms with Gasteiger partial charge in [0.2, 0.25) is 0 Å². The summed E-state index contributed by atoms with van der Waals surface area (Å²) in [5, 5.41) is 2.58. The van der Waals surface area contributed by atoms with E-state index in [0.717, 1.165) is 0 Å². The summed E-state index contributed by atoms with van der Waals surface area (Å²) in [5.74, 6) is -0.870. The molecule has 0 spiro atoms. The van der Waals surface area contributed by atoms with Crippen LogP contribution in [0, 0.1) is 5.82 Å². The van der Waals surface area contributed by atoms with Crippen molar-refractivity contribution >= 4 is 21.8 Å². The predicted molar refractivity (Wildman–Crippen MR) is 80.4 cm³/mol. The molecule has 2 rings (SSSR count). The zero-order chi connectivity index (χ0) is 15.4. The van der Waals surface area contributed by atoms with Gasteiger partial charge < -0.3 is 16.0 Å². The highest BCUT2D eigenvalue weighted by molar-refractivity contribution is 9.10. The maximum atomic E-state index is 12.8. The molecule has 7 heteroatoms. The molecule has 1 amide bonds. The Labute approximate surface area is 128 Å². The summed E-state index contributed by atoms with van der Waals surface area (Å²) in [6.45, 7) is 0.135. The number of hydrogen-bond acceptors (Lipinski definition) is 3. The molecule has 2 aromatic rings. The van der Waals surface area contributed by atoms with Crippen LogP contribution in [0.15, 0.2) is 45.8 Å². The second-order valence-corrected chi connectivity index (χ2v) is 5.34. The van der Waals surface area contributed by atoms with Gasteiger partial charge in [-0.05, 0) is 39.7 Å². The van der Waals surface area contributed by atoms with Gasteiger partial charge in [-0.25, -0.2) is 4.39 Å². The van der Waals surface area contributed by atoms with E-state index in [4.69, 9.17) is 5.73 Å². The molecule has 21 heavy (non-hydrogen) atoms. The number of aromatic amines is 1. The van der Waals surface area contributed by atoms with Crippen molar-refractivity contribution in [2.24, 2.45) is 5.73 Å². The summed E-state index contributed by atoms with van der Waals surface area (Å²) < 4.78 is 13.4. The Bertz CT molecular complexity index is 700. The van der Waals surface area contributed by atoms with Crippen molar-refractivity contribution in [3.05, 3.63) is 68.3 Å². The molecule has 1 aromatic carbocycles. The molecule has 5 nitrogen and oxygen atoms in total. The molecule has 4 N–H and O–H groups in total. The fourth-order valence-corrected chi connectivity index (χ4v) is 2.10. The first-order valence-electron chi connectivity index (χ1n) is 6.15. The molecule has 0 aliphatic heterocycles. The van der Waals surface area contributed by atoms with Gasteiger partial charge in [0.15, 0.2) is 0 Å². The van der Waals surface area contributed by atoms with Crippen LogP contribution < -0.4 is 16.6 Å². The van der Waals surface area contributed by atoms with Gasteiger partial charge in [0.1, 0.15) is 11.4 Å². The zero-order valence-electron chi connectivity index (χ0n) is 10.9. The number of halogens is 2. The third kappa shape index (κ3) is 3.99. The standard InChI is InChI=1S/C14H13BrFN3O2/c15-9-5-11(13(20)18-6-9)14(21)19-7-12(17)8-1-3-10(16)4-2-8/h1-6,12H,7,17H2,(H,18,20)(H,19,21). The first kappa shape index (κ1) is 15.4. The molecule has 1 unspecified atom stereocenters. The van der Waals surface area contributed by atoms with E-state index >= 15 is 0 Å². The highest BCUT2D eigenvalue weighted by Gasteiger charge is 2.13. The molecular weight excluding hydrogens is 341 g/mol. The molecule has 0 saturated carbocycles. The molecule has 0 bridgehead atoms. The number of pyridine rings is 1. The Morgan fingerprint density at radius 1 is 1.38 bits per heavy atom. The minimum Gasteiger partial charge on any atom is -0.350 e. The van der Waals surface area contributed by atoms with Crippen LogP contribution in [0.1, 0.15) is 22.0 Å². The van der Waals surface area contributed by atoms with Crippen LogP contribution in [0.3, 0.4) is 0 Å². The van der Waals surface area contributed by atoms with E-state index in [2.05, 4.69) is 26.2 Å². The van der Waals surface area contributed by atoms with Gasteiger partial charge in [0, 0.05) is 23.3 Å². The van der Waals surface area contributed by atoms with E-state index in [9.17, 15) is 14.0 Å². The summed E-state index contributed by atoms with van der Waals surface area (Å²) in [5.41, 5.74) is 6.12. The number of H-pyrrole nitrogens is 1. The minimum atomic E-state index is -0.518. The smallest absolute Gasteiger partial charge is 0.260 e. The average Bonchev–Trinajstić information content (AvgIpc) is 2.47. The van der Waals surface area contributed by atoms with Crippen molar-refractivity contribution < 1.29 is 9.18 Å². The number of aromatic nitrogens is 1. The van der Waals surface area contributed by atoms with Gasteiger partial charge in [-0.15, -0.1) is 0 Å². The van der Waals surface area contributed by atoms with Crippen molar-refractivity contribution in [2.45, 2.75) is 6.04 Å². The summed E-state index contributed by atoms with van der Waals surface area (Å²) in [6, 6.07) is 6.65. The highest BCUT2D eigenvalue weighted by Crippen LogP contribution is 2.11. The Kier molecular flexibility index (Phi) is 4.87. The van der Waals surface area contributed by atoms with E-state index < -0.39 is 17.5 Å². The molecule has 0 radical (unpaired) electrons. The van der Waals surface area contributed by atoms with E-state index in [-0.39, 0.29) is 17.9 Å². The number of amides is 1. The van der Waals surface area contributed by atoms with Crippen molar-refractivity contribution in [3.63, 3.8) is 0 Å². The monoisotopic (exact) mass is 353 g/mol. The van der Waals surface area contributed by atoms with Gasteiger partial charge in [-0.1, -0.05) is 12.1 Å². The molecule has 1 aromatic heterocycles. The Hall–Kier alpha value is -1.99. The minimum absolute atomic E-state index is 0.00400. The van der Waals surface area contributed by atoms with Gasteiger partial charge in [-0.3, -0.25) is 9.59 Å². The number of nitrogens with one attached hydrogen (secondary N) is 2. The Morgan fingerprint density at radius 3 is 2.71 bits per heavy atom. The van der Waals surface area contributed by atoms with Crippen LogP contribution in [0.2, 0.25) is 0 Å². The zero-order valence-corrected chi connectivity index (χ0v) is 12.5. The van der Waals surface area contributed by atoms with Gasteiger partial charge in [-0.2, -0.15) is 0 Å². The van der Waals surface area contributed by atoms with Crippen molar-refractivity contribution in [1.82, 2.24) is 10.3 Å². The van der Waals surface area contributed by atoms with Crippen LogP contribution in [-0.2, 0) is 0 Å². The van der Waals surface area contributed by atoms with Crippen LogP contribution in [-0.4, -0.2) is 17.4 Å². The number of rotatable bonds is 4. The SMILES string of the molecule is NC(CNC(=O)c1cc(Br)c[nH]c1=O)c1ccc(F)cc1. The van der Waals surface area contributed by atoms with Crippen LogP contribution in [0.4, 0.5) is 4.39 Å². The number of benzene rings is 1. The number of carbonyl (C=O) groups excluding carboxylic acids is 1. The molecule has 0 fully saturated rings. The largest absolute Gasteiger partial charge is 0.350 e. The lowest BCUT2D eigenvalue weighted by Crippen LogP contribution is -2.34. The fourth-order valence-electron chi connectivity index (χ4n) is 1.75. The van der Waals surface area contributed by atoms with E-state index in [1.54, 1.807) is 12.1 Å². The van der Waals surface area contributed by atoms with Crippen molar-refractivity contribution in [1.29, 1.82) is 0 Å². The van der Waals surface area contributed by atoms with Crippen LogP contribution in [0.25, 0.3) is 0 Å². The lowest BCUT2D eigenvalue weighted by molar-refractivity contribution is 0.0949. The maximum absolute atomic E-state index is 12.8. The fraction of sp³-hybridized carbons (Fsp3) is 0.143. The molecule has 110 valence electrons.